The molecule has 0 spiro atoms. The molecule has 1 aliphatic rings. The molecule has 1 N–H and O–H groups in total. The van der Waals surface area contributed by atoms with Crippen molar-refractivity contribution < 1.29 is 28.8 Å². The van der Waals surface area contributed by atoms with Gasteiger partial charge in [0, 0.05) is 25.6 Å². The normalized spacial score (nSPS) is 17.2. The summed E-state index contributed by atoms with van der Waals surface area (Å²) < 4.78 is 5.14. The standard InChI is InChI=1S/C20H25N3O7/c1-12(24)16(25)15-6-5-11-22(15)18(26)17(20(2,3)4)21-19(27)30-14-9-7-13(8-10-14)23(28)29/h7-10,15,17H,5-6,11H2,1-4H3,(H,21,27)/t15-,17+/m0/s1. The zero-order chi connectivity index (χ0) is 22.6. The minimum atomic E-state index is -1.01. The summed E-state index contributed by atoms with van der Waals surface area (Å²) in [5, 5.41) is 13.2. The Morgan fingerprint density at radius 2 is 1.80 bits per heavy atom. The monoisotopic (exact) mass is 419 g/mol. The van der Waals surface area contributed by atoms with Crippen molar-refractivity contribution in [1.29, 1.82) is 0 Å². The highest BCUT2D eigenvalue weighted by Gasteiger charge is 2.42. The van der Waals surface area contributed by atoms with Crippen LogP contribution in [0.4, 0.5) is 10.5 Å². The van der Waals surface area contributed by atoms with Crippen LogP contribution >= 0.6 is 0 Å². The quantitative estimate of drug-likeness (QED) is 0.424. The molecule has 1 aromatic carbocycles. The summed E-state index contributed by atoms with van der Waals surface area (Å²) in [6.07, 6.45) is 0.0686. The van der Waals surface area contributed by atoms with Crippen molar-refractivity contribution in [3.05, 3.63) is 34.4 Å². The summed E-state index contributed by atoms with van der Waals surface area (Å²) in [6, 6.07) is 3.09. The van der Waals surface area contributed by atoms with Gasteiger partial charge in [0.15, 0.2) is 5.78 Å². The van der Waals surface area contributed by atoms with Crippen molar-refractivity contribution in [3.63, 3.8) is 0 Å². The fraction of sp³-hybridized carbons (Fsp3) is 0.500. The van der Waals surface area contributed by atoms with Crippen molar-refractivity contribution in [2.45, 2.75) is 52.6 Å². The molecule has 0 bridgehead atoms. The second-order valence-corrected chi connectivity index (χ2v) is 8.19. The van der Waals surface area contributed by atoms with E-state index in [1.165, 1.54) is 36.1 Å². The van der Waals surface area contributed by atoms with Gasteiger partial charge in [-0.2, -0.15) is 0 Å². The van der Waals surface area contributed by atoms with Gasteiger partial charge in [0.25, 0.3) is 5.69 Å². The highest BCUT2D eigenvalue weighted by molar-refractivity contribution is 6.38. The summed E-state index contributed by atoms with van der Waals surface area (Å²) in [5.74, 6) is -1.64. The van der Waals surface area contributed by atoms with E-state index in [0.717, 1.165) is 0 Å². The van der Waals surface area contributed by atoms with Crippen LogP contribution in [0.5, 0.6) is 5.75 Å². The summed E-state index contributed by atoms with van der Waals surface area (Å²) in [4.78, 5) is 60.7. The smallest absolute Gasteiger partial charge is 0.410 e. The van der Waals surface area contributed by atoms with Crippen molar-refractivity contribution in [2.75, 3.05) is 6.54 Å². The SMILES string of the molecule is CC(=O)C(=O)[C@@H]1CCCN1C(=O)[C@@H](NC(=O)Oc1ccc([N+](=O)[O-])cc1)C(C)(C)C. The van der Waals surface area contributed by atoms with E-state index >= 15 is 0 Å². The fourth-order valence-electron chi connectivity index (χ4n) is 3.24. The molecule has 30 heavy (non-hydrogen) atoms. The molecule has 1 aliphatic heterocycles. The number of rotatable bonds is 6. The van der Waals surface area contributed by atoms with E-state index in [4.69, 9.17) is 4.74 Å². The first-order chi connectivity index (χ1) is 13.9. The van der Waals surface area contributed by atoms with Gasteiger partial charge >= 0.3 is 6.09 Å². The molecule has 0 radical (unpaired) electrons. The first kappa shape index (κ1) is 23.0. The Bertz CT molecular complexity index is 858. The summed E-state index contributed by atoms with van der Waals surface area (Å²) >= 11 is 0. The number of non-ortho nitro benzene ring substituents is 1. The minimum Gasteiger partial charge on any atom is -0.410 e. The van der Waals surface area contributed by atoms with Gasteiger partial charge in [-0.15, -0.1) is 0 Å². The van der Waals surface area contributed by atoms with Crippen LogP contribution in [0.1, 0.15) is 40.5 Å². The predicted octanol–water partition coefficient (Wildman–Crippen LogP) is 2.25. The lowest BCUT2D eigenvalue weighted by molar-refractivity contribution is -0.384. The lowest BCUT2D eigenvalue weighted by Crippen LogP contribution is -2.57. The van der Waals surface area contributed by atoms with E-state index < -0.39 is 46.0 Å². The number of ketones is 2. The number of likely N-dealkylation sites (tertiary alicyclic amines) is 1. The molecule has 1 heterocycles. The van der Waals surface area contributed by atoms with Crippen molar-refractivity contribution in [1.82, 2.24) is 10.2 Å². The van der Waals surface area contributed by atoms with Crippen molar-refractivity contribution in [2.24, 2.45) is 5.41 Å². The molecule has 2 amide bonds. The third kappa shape index (κ3) is 5.40. The molecule has 1 saturated heterocycles. The maximum atomic E-state index is 13.2. The van der Waals surface area contributed by atoms with Crippen LogP contribution in [-0.2, 0) is 14.4 Å². The Labute approximate surface area is 173 Å². The number of nitrogens with zero attached hydrogens (tertiary/aromatic N) is 2. The van der Waals surface area contributed by atoms with Gasteiger partial charge in [0.2, 0.25) is 11.7 Å². The Morgan fingerprint density at radius 1 is 1.20 bits per heavy atom. The molecular formula is C20H25N3O7. The molecule has 10 heteroatoms. The number of Topliss-reactive ketones (excluding diaryl/α,β-unsaturated/α-hetero) is 2. The fourth-order valence-corrected chi connectivity index (χ4v) is 3.24. The maximum Gasteiger partial charge on any atom is 0.413 e. The van der Waals surface area contributed by atoms with Crippen molar-refractivity contribution in [3.8, 4) is 5.75 Å². The molecule has 1 aromatic rings. The van der Waals surface area contributed by atoms with E-state index in [-0.39, 0.29) is 11.4 Å². The number of nitro groups is 1. The van der Waals surface area contributed by atoms with Gasteiger partial charge in [0.1, 0.15) is 11.8 Å². The van der Waals surface area contributed by atoms with Gasteiger partial charge in [-0.3, -0.25) is 24.5 Å². The number of hydrogen-bond acceptors (Lipinski definition) is 7. The Hall–Kier alpha value is -3.30. The Balaban J connectivity index is 2.14. The lowest BCUT2D eigenvalue weighted by atomic mass is 9.85. The zero-order valence-corrected chi connectivity index (χ0v) is 17.3. The molecule has 2 atom stereocenters. The van der Waals surface area contributed by atoms with Gasteiger partial charge in [0.05, 0.1) is 11.0 Å². The van der Waals surface area contributed by atoms with E-state index in [9.17, 15) is 29.3 Å². The average molecular weight is 419 g/mol. The number of nitro benzene ring substituents is 1. The molecule has 10 nitrogen and oxygen atoms in total. The van der Waals surface area contributed by atoms with E-state index in [1.54, 1.807) is 20.8 Å². The third-order valence-electron chi connectivity index (χ3n) is 4.82. The van der Waals surface area contributed by atoms with E-state index in [2.05, 4.69) is 5.32 Å². The maximum absolute atomic E-state index is 13.2. The van der Waals surface area contributed by atoms with E-state index in [1.807, 2.05) is 0 Å². The number of amides is 2. The second-order valence-electron chi connectivity index (χ2n) is 8.19. The van der Waals surface area contributed by atoms with Crippen LogP contribution in [0.15, 0.2) is 24.3 Å². The van der Waals surface area contributed by atoms with Crippen molar-refractivity contribution >= 4 is 29.3 Å². The molecule has 0 saturated carbocycles. The van der Waals surface area contributed by atoms with Crippen LogP contribution in [0.25, 0.3) is 0 Å². The lowest BCUT2D eigenvalue weighted by Gasteiger charge is -2.34. The average Bonchev–Trinajstić information content (AvgIpc) is 3.14. The van der Waals surface area contributed by atoms with Gasteiger partial charge < -0.3 is 15.0 Å². The first-order valence-corrected chi connectivity index (χ1v) is 9.50. The predicted molar refractivity (Wildman–Crippen MR) is 106 cm³/mol. The number of benzene rings is 1. The van der Waals surface area contributed by atoms with Gasteiger partial charge in [-0.1, -0.05) is 20.8 Å². The second kappa shape index (κ2) is 9.02. The molecule has 2 rings (SSSR count). The number of hydrogen-bond donors (Lipinski definition) is 1. The summed E-state index contributed by atoms with van der Waals surface area (Å²) in [5.41, 5.74) is -0.862. The van der Waals surface area contributed by atoms with Crippen LogP contribution < -0.4 is 10.1 Å². The number of nitrogens with one attached hydrogen (secondary N) is 1. The highest BCUT2D eigenvalue weighted by atomic mass is 16.6. The van der Waals surface area contributed by atoms with Crippen LogP contribution in [0.2, 0.25) is 0 Å². The topological polar surface area (TPSA) is 136 Å². The molecular weight excluding hydrogens is 394 g/mol. The molecule has 0 aliphatic carbocycles. The molecule has 162 valence electrons. The molecule has 0 aromatic heterocycles. The molecule has 0 unspecified atom stereocenters. The summed E-state index contributed by atoms with van der Waals surface area (Å²) in [7, 11) is 0. The number of carbonyl (C=O) groups excluding carboxylic acids is 4. The first-order valence-electron chi connectivity index (χ1n) is 9.50. The van der Waals surface area contributed by atoms with Crippen LogP contribution in [-0.4, -0.2) is 52.0 Å². The van der Waals surface area contributed by atoms with E-state index in [0.29, 0.717) is 19.4 Å². The largest absolute Gasteiger partial charge is 0.413 e. The van der Waals surface area contributed by atoms with Gasteiger partial charge in [-0.25, -0.2) is 4.79 Å². The summed E-state index contributed by atoms with van der Waals surface area (Å²) in [6.45, 7) is 6.73. The number of ether oxygens (including phenoxy) is 1. The van der Waals surface area contributed by atoms with Gasteiger partial charge in [-0.05, 0) is 30.4 Å². The number of carbonyl (C=O) groups is 4. The van der Waals surface area contributed by atoms with Crippen LogP contribution in [0.3, 0.4) is 0 Å². The molecule has 1 fully saturated rings. The third-order valence-corrected chi connectivity index (χ3v) is 4.82. The Kier molecular flexibility index (Phi) is 6.91. The zero-order valence-electron chi connectivity index (χ0n) is 17.3. The highest BCUT2D eigenvalue weighted by Crippen LogP contribution is 2.26. The minimum absolute atomic E-state index is 0.0732. The van der Waals surface area contributed by atoms with Crippen LogP contribution in [0, 0.1) is 15.5 Å². The Morgan fingerprint density at radius 3 is 2.30 bits per heavy atom.